The standard InChI is InChI=1S/C13H12N4O/c1-9-7-11(8-14)17-13(15-9)16-10-3-5-12(18-2)6-4-10/h3-7H,1-2H3,(H,15,16,17). The van der Waals surface area contributed by atoms with E-state index < -0.39 is 0 Å². The van der Waals surface area contributed by atoms with Crippen LogP contribution in [0.1, 0.15) is 11.4 Å². The Balaban J connectivity index is 2.22. The molecule has 0 bridgehead atoms. The van der Waals surface area contributed by atoms with Gasteiger partial charge in [0, 0.05) is 11.4 Å². The van der Waals surface area contributed by atoms with Crippen molar-refractivity contribution in [2.24, 2.45) is 0 Å². The third-order valence-electron chi connectivity index (χ3n) is 2.31. The van der Waals surface area contributed by atoms with Gasteiger partial charge < -0.3 is 10.1 Å². The Labute approximate surface area is 105 Å². The second-order valence-electron chi connectivity index (χ2n) is 3.68. The SMILES string of the molecule is COc1ccc(Nc2nc(C)cc(C#N)n2)cc1. The first kappa shape index (κ1) is 11.9. The summed E-state index contributed by atoms with van der Waals surface area (Å²) in [6.07, 6.45) is 0. The second kappa shape index (κ2) is 5.15. The molecular weight excluding hydrogens is 228 g/mol. The first-order valence-electron chi connectivity index (χ1n) is 5.38. The third kappa shape index (κ3) is 2.74. The van der Waals surface area contributed by atoms with Crippen molar-refractivity contribution in [2.45, 2.75) is 6.92 Å². The van der Waals surface area contributed by atoms with Gasteiger partial charge in [0.15, 0.2) is 0 Å². The molecule has 0 fully saturated rings. The lowest BCUT2D eigenvalue weighted by molar-refractivity contribution is 0.415. The molecule has 0 aliphatic rings. The van der Waals surface area contributed by atoms with E-state index in [1.165, 1.54) is 0 Å². The second-order valence-corrected chi connectivity index (χ2v) is 3.68. The van der Waals surface area contributed by atoms with E-state index in [1.54, 1.807) is 13.2 Å². The lowest BCUT2D eigenvalue weighted by atomic mass is 10.3. The van der Waals surface area contributed by atoms with E-state index in [-0.39, 0.29) is 0 Å². The molecule has 0 unspecified atom stereocenters. The highest BCUT2D eigenvalue weighted by Gasteiger charge is 2.02. The van der Waals surface area contributed by atoms with Gasteiger partial charge >= 0.3 is 0 Å². The molecule has 2 rings (SSSR count). The molecule has 0 spiro atoms. The van der Waals surface area contributed by atoms with Crippen LogP contribution in [0.3, 0.4) is 0 Å². The molecule has 18 heavy (non-hydrogen) atoms. The molecule has 0 saturated carbocycles. The summed E-state index contributed by atoms with van der Waals surface area (Å²) >= 11 is 0. The van der Waals surface area contributed by atoms with Crippen molar-refractivity contribution in [3.8, 4) is 11.8 Å². The van der Waals surface area contributed by atoms with Crippen LogP contribution in [0.4, 0.5) is 11.6 Å². The number of anilines is 2. The van der Waals surface area contributed by atoms with Gasteiger partial charge in [-0.1, -0.05) is 0 Å². The van der Waals surface area contributed by atoms with Gasteiger partial charge in [0.1, 0.15) is 17.5 Å². The van der Waals surface area contributed by atoms with Gasteiger partial charge in [0.2, 0.25) is 5.95 Å². The number of nitrogens with one attached hydrogen (secondary N) is 1. The molecule has 1 aromatic carbocycles. The Bertz CT molecular complexity index is 587. The average molecular weight is 240 g/mol. The predicted octanol–water partition coefficient (Wildman–Crippen LogP) is 2.41. The highest BCUT2D eigenvalue weighted by Crippen LogP contribution is 2.18. The summed E-state index contributed by atoms with van der Waals surface area (Å²) in [7, 11) is 1.62. The van der Waals surface area contributed by atoms with E-state index >= 15 is 0 Å². The van der Waals surface area contributed by atoms with E-state index in [4.69, 9.17) is 10.00 Å². The fourth-order valence-corrected chi connectivity index (χ4v) is 1.49. The summed E-state index contributed by atoms with van der Waals surface area (Å²) in [4.78, 5) is 8.29. The highest BCUT2D eigenvalue weighted by atomic mass is 16.5. The highest BCUT2D eigenvalue weighted by molar-refractivity contribution is 5.55. The zero-order valence-corrected chi connectivity index (χ0v) is 10.1. The molecule has 1 N–H and O–H groups in total. The molecule has 5 heteroatoms. The van der Waals surface area contributed by atoms with Crippen LogP contribution in [0.5, 0.6) is 5.75 Å². The number of ether oxygens (including phenoxy) is 1. The molecule has 90 valence electrons. The Hall–Kier alpha value is -2.61. The molecular formula is C13H12N4O. The molecule has 2 aromatic rings. The number of benzene rings is 1. The normalized spacial score (nSPS) is 9.61. The molecule has 1 heterocycles. The number of nitrogens with zero attached hydrogens (tertiary/aromatic N) is 3. The first-order valence-corrected chi connectivity index (χ1v) is 5.38. The maximum absolute atomic E-state index is 8.84. The van der Waals surface area contributed by atoms with E-state index in [2.05, 4.69) is 15.3 Å². The molecule has 0 aliphatic heterocycles. The van der Waals surface area contributed by atoms with Gasteiger partial charge in [-0.3, -0.25) is 0 Å². The van der Waals surface area contributed by atoms with Crippen LogP contribution in [-0.4, -0.2) is 17.1 Å². The number of hydrogen-bond acceptors (Lipinski definition) is 5. The largest absolute Gasteiger partial charge is 0.497 e. The summed E-state index contributed by atoms with van der Waals surface area (Å²) in [6, 6.07) is 11.0. The molecule has 5 nitrogen and oxygen atoms in total. The zero-order valence-electron chi connectivity index (χ0n) is 10.1. The summed E-state index contributed by atoms with van der Waals surface area (Å²) < 4.78 is 5.07. The van der Waals surface area contributed by atoms with Crippen molar-refractivity contribution >= 4 is 11.6 Å². The number of nitriles is 1. The molecule has 0 atom stereocenters. The Morgan fingerprint density at radius 1 is 1.22 bits per heavy atom. The van der Waals surface area contributed by atoms with Crippen LogP contribution in [0.2, 0.25) is 0 Å². The molecule has 0 radical (unpaired) electrons. The Kier molecular flexibility index (Phi) is 3.39. The van der Waals surface area contributed by atoms with Crippen molar-refractivity contribution in [1.29, 1.82) is 5.26 Å². The van der Waals surface area contributed by atoms with Gasteiger partial charge in [-0.2, -0.15) is 5.26 Å². The summed E-state index contributed by atoms with van der Waals surface area (Å²) in [6.45, 7) is 1.82. The Morgan fingerprint density at radius 3 is 2.56 bits per heavy atom. The lowest BCUT2D eigenvalue weighted by Crippen LogP contribution is -2.00. The minimum absolute atomic E-state index is 0.346. The monoisotopic (exact) mass is 240 g/mol. The topological polar surface area (TPSA) is 70.8 Å². The van der Waals surface area contributed by atoms with Crippen molar-refractivity contribution in [3.63, 3.8) is 0 Å². The Morgan fingerprint density at radius 2 is 1.94 bits per heavy atom. The zero-order chi connectivity index (χ0) is 13.0. The van der Waals surface area contributed by atoms with Crippen LogP contribution >= 0.6 is 0 Å². The van der Waals surface area contributed by atoms with Gasteiger partial charge in [-0.25, -0.2) is 9.97 Å². The van der Waals surface area contributed by atoms with Crippen molar-refractivity contribution in [1.82, 2.24) is 9.97 Å². The van der Waals surface area contributed by atoms with Gasteiger partial charge in [0.05, 0.1) is 7.11 Å². The summed E-state index contributed by atoms with van der Waals surface area (Å²) in [5, 5.41) is 11.9. The first-order chi connectivity index (χ1) is 8.71. The summed E-state index contributed by atoms with van der Waals surface area (Å²) in [5.74, 6) is 1.19. The maximum atomic E-state index is 8.84. The van der Waals surface area contributed by atoms with Crippen LogP contribution in [0.15, 0.2) is 30.3 Å². The number of hydrogen-bond donors (Lipinski definition) is 1. The van der Waals surface area contributed by atoms with Crippen LogP contribution in [-0.2, 0) is 0 Å². The van der Waals surface area contributed by atoms with Crippen LogP contribution in [0, 0.1) is 18.3 Å². The van der Waals surface area contributed by atoms with Crippen molar-refractivity contribution < 1.29 is 4.74 Å². The number of aromatic nitrogens is 2. The number of rotatable bonds is 3. The van der Waals surface area contributed by atoms with Crippen molar-refractivity contribution in [3.05, 3.63) is 41.7 Å². The summed E-state index contributed by atoms with van der Waals surface area (Å²) in [5.41, 5.74) is 1.93. The van der Waals surface area contributed by atoms with Crippen molar-refractivity contribution in [2.75, 3.05) is 12.4 Å². The average Bonchev–Trinajstić information content (AvgIpc) is 2.39. The number of methoxy groups -OCH3 is 1. The van der Waals surface area contributed by atoms with Gasteiger partial charge in [-0.15, -0.1) is 0 Å². The maximum Gasteiger partial charge on any atom is 0.228 e. The fraction of sp³-hybridized carbons (Fsp3) is 0.154. The minimum atomic E-state index is 0.346. The predicted molar refractivity (Wildman–Crippen MR) is 67.8 cm³/mol. The van der Waals surface area contributed by atoms with E-state index in [0.717, 1.165) is 17.1 Å². The molecule has 0 amide bonds. The van der Waals surface area contributed by atoms with Gasteiger partial charge in [-0.05, 0) is 37.3 Å². The van der Waals surface area contributed by atoms with E-state index in [0.29, 0.717) is 11.6 Å². The fourth-order valence-electron chi connectivity index (χ4n) is 1.49. The van der Waals surface area contributed by atoms with E-state index in [9.17, 15) is 0 Å². The lowest BCUT2D eigenvalue weighted by Gasteiger charge is -2.06. The number of aryl methyl sites for hydroxylation is 1. The quantitative estimate of drug-likeness (QED) is 0.892. The molecule has 1 aromatic heterocycles. The molecule has 0 saturated heterocycles. The van der Waals surface area contributed by atoms with Gasteiger partial charge in [0.25, 0.3) is 0 Å². The molecule has 0 aliphatic carbocycles. The van der Waals surface area contributed by atoms with Crippen LogP contribution < -0.4 is 10.1 Å². The smallest absolute Gasteiger partial charge is 0.228 e. The van der Waals surface area contributed by atoms with Crippen LogP contribution in [0.25, 0.3) is 0 Å². The third-order valence-corrected chi connectivity index (χ3v) is 2.31. The van der Waals surface area contributed by atoms with E-state index in [1.807, 2.05) is 37.3 Å². The minimum Gasteiger partial charge on any atom is -0.497 e.